The van der Waals surface area contributed by atoms with E-state index in [-0.39, 0.29) is 12.5 Å². The summed E-state index contributed by atoms with van der Waals surface area (Å²) in [6, 6.07) is 12.2. The van der Waals surface area contributed by atoms with E-state index in [1.807, 2.05) is 56.8 Å². The molecule has 0 aliphatic rings. The molecule has 0 aliphatic carbocycles. The molecule has 1 amide bonds. The molecule has 2 aromatic carbocycles. The molecule has 0 fully saturated rings. The number of nitrogens with zero attached hydrogens (tertiary/aromatic N) is 1. The highest BCUT2D eigenvalue weighted by atomic mass is 32.2. The lowest BCUT2D eigenvalue weighted by Gasteiger charge is -2.26. The van der Waals surface area contributed by atoms with Crippen molar-refractivity contribution in [1.82, 2.24) is 5.32 Å². The zero-order valence-electron chi connectivity index (χ0n) is 18.5. The van der Waals surface area contributed by atoms with E-state index >= 15 is 0 Å². The predicted molar refractivity (Wildman–Crippen MR) is 128 cm³/mol. The first-order valence-corrected chi connectivity index (χ1v) is 13.0. The zero-order valence-corrected chi connectivity index (χ0v) is 20.1. The molecule has 0 heterocycles. The van der Waals surface area contributed by atoms with Gasteiger partial charge in [-0.2, -0.15) is 11.8 Å². The highest BCUT2D eigenvalue weighted by Gasteiger charge is 2.24. The van der Waals surface area contributed by atoms with Crippen molar-refractivity contribution in [1.29, 1.82) is 0 Å². The molecule has 0 unspecified atom stereocenters. The van der Waals surface area contributed by atoms with Crippen molar-refractivity contribution in [2.45, 2.75) is 39.9 Å². The monoisotopic (exact) mass is 448 g/mol. The summed E-state index contributed by atoms with van der Waals surface area (Å²) in [5.41, 5.74) is 5.97. The van der Waals surface area contributed by atoms with Gasteiger partial charge in [0.25, 0.3) is 0 Å². The molecular weight excluding hydrogens is 416 g/mol. The molecule has 0 spiro atoms. The number of rotatable bonds is 10. The third-order valence-electron chi connectivity index (χ3n) is 4.88. The smallest absolute Gasteiger partial charge is 0.240 e. The third-order valence-corrected chi connectivity index (χ3v) is 7.08. The van der Waals surface area contributed by atoms with Crippen LogP contribution in [0.4, 0.5) is 5.69 Å². The number of carbonyl (C=O) groups excluding carboxylic acids is 1. The molecule has 0 aromatic heterocycles. The van der Waals surface area contributed by atoms with Crippen LogP contribution in [-0.2, 0) is 20.6 Å². The standard InChI is InChI=1S/C23H32N2O3S2/c1-17-13-19(3)23(20(4)14-17)25(30(5,27)28)15-22(26)24-11-8-12-29-16-21-10-7-6-9-18(21)2/h6-7,9-10,13-14H,8,11-12,15-16H2,1-5H3,(H,24,26). The quantitative estimate of drug-likeness (QED) is 0.555. The fraction of sp³-hybridized carbons (Fsp3) is 0.435. The van der Waals surface area contributed by atoms with Gasteiger partial charge in [0, 0.05) is 12.3 Å². The van der Waals surface area contributed by atoms with E-state index in [0.717, 1.165) is 40.9 Å². The molecule has 7 heteroatoms. The maximum Gasteiger partial charge on any atom is 0.240 e. The third kappa shape index (κ3) is 7.06. The van der Waals surface area contributed by atoms with E-state index in [0.29, 0.717) is 12.2 Å². The van der Waals surface area contributed by atoms with Crippen LogP contribution in [0.25, 0.3) is 0 Å². The average Bonchev–Trinajstić information content (AvgIpc) is 2.63. The minimum absolute atomic E-state index is 0.208. The Balaban J connectivity index is 1.86. The van der Waals surface area contributed by atoms with Gasteiger partial charge in [0.15, 0.2) is 0 Å². The minimum Gasteiger partial charge on any atom is -0.354 e. The van der Waals surface area contributed by atoms with Crippen molar-refractivity contribution in [2.75, 3.05) is 29.4 Å². The van der Waals surface area contributed by atoms with Gasteiger partial charge in [-0.1, -0.05) is 42.0 Å². The number of thioether (sulfide) groups is 1. The van der Waals surface area contributed by atoms with Crippen LogP contribution in [0.2, 0.25) is 0 Å². The van der Waals surface area contributed by atoms with Crippen LogP contribution in [0, 0.1) is 27.7 Å². The maximum atomic E-state index is 12.4. The van der Waals surface area contributed by atoms with Gasteiger partial charge >= 0.3 is 0 Å². The highest BCUT2D eigenvalue weighted by Crippen LogP contribution is 2.28. The van der Waals surface area contributed by atoms with Gasteiger partial charge in [0.05, 0.1) is 11.9 Å². The summed E-state index contributed by atoms with van der Waals surface area (Å²) in [4.78, 5) is 12.4. The predicted octanol–water partition coefficient (Wildman–Crippen LogP) is 4.13. The molecule has 0 radical (unpaired) electrons. The fourth-order valence-corrected chi connectivity index (χ4v) is 5.48. The Morgan fingerprint density at radius 2 is 1.67 bits per heavy atom. The van der Waals surface area contributed by atoms with E-state index < -0.39 is 10.0 Å². The van der Waals surface area contributed by atoms with Gasteiger partial charge in [-0.3, -0.25) is 9.10 Å². The molecule has 2 rings (SSSR count). The van der Waals surface area contributed by atoms with Crippen LogP contribution in [0.1, 0.15) is 34.2 Å². The number of nitrogens with one attached hydrogen (secondary N) is 1. The lowest BCUT2D eigenvalue weighted by molar-refractivity contribution is -0.119. The SMILES string of the molecule is Cc1cc(C)c(N(CC(=O)NCCCSCc2ccccc2C)S(C)(=O)=O)c(C)c1. The number of aryl methyl sites for hydroxylation is 4. The van der Waals surface area contributed by atoms with Crippen molar-refractivity contribution < 1.29 is 13.2 Å². The molecule has 164 valence electrons. The van der Waals surface area contributed by atoms with Crippen LogP contribution in [0.15, 0.2) is 36.4 Å². The van der Waals surface area contributed by atoms with E-state index in [9.17, 15) is 13.2 Å². The van der Waals surface area contributed by atoms with Crippen LogP contribution in [0.3, 0.4) is 0 Å². The van der Waals surface area contributed by atoms with Gasteiger partial charge in [-0.25, -0.2) is 8.42 Å². The lowest BCUT2D eigenvalue weighted by atomic mass is 10.1. The largest absolute Gasteiger partial charge is 0.354 e. The number of anilines is 1. The molecule has 0 atom stereocenters. The topological polar surface area (TPSA) is 66.5 Å². The van der Waals surface area contributed by atoms with Gasteiger partial charge < -0.3 is 5.32 Å². The summed E-state index contributed by atoms with van der Waals surface area (Å²) in [6.07, 6.45) is 1.98. The highest BCUT2D eigenvalue weighted by molar-refractivity contribution is 7.98. The van der Waals surface area contributed by atoms with Crippen LogP contribution < -0.4 is 9.62 Å². The lowest BCUT2D eigenvalue weighted by Crippen LogP contribution is -2.41. The normalized spacial score (nSPS) is 11.4. The van der Waals surface area contributed by atoms with Gasteiger partial charge in [-0.15, -0.1) is 0 Å². The van der Waals surface area contributed by atoms with Crippen LogP contribution >= 0.6 is 11.8 Å². The number of carbonyl (C=O) groups is 1. The Kier molecular flexibility index (Phi) is 8.79. The average molecular weight is 449 g/mol. The molecule has 0 saturated carbocycles. The van der Waals surface area contributed by atoms with Crippen molar-refractivity contribution in [2.24, 2.45) is 0 Å². The van der Waals surface area contributed by atoms with E-state index in [1.165, 1.54) is 15.4 Å². The van der Waals surface area contributed by atoms with E-state index in [4.69, 9.17) is 0 Å². The van der Waals surface area contributed by atoms with Gasteiger partial charge in [-0.05, 0) is 62.1 Å². The summed E-state index contributed by atoms with van der Waals surface area (Å²) in [7, 11) is -3.58. The second-order valence-electron chi connectivity index (χ2n) is 7.70. The summed E-state index contributed by atoms with van der Waals surface area (Å²) in [5.74, 6) is 1.60. The number of hydrogen-bond acceptors (Lipinski definition) is 4. The van der Waals surface area contributed by atoms with Gasteiger partial charge in [0.1, 0.15) is 6.54 Å². The van der Waals surface area contributed by atoms with Crippen molar-refractivity contribution >= 4 is 33.4 Å². The summed E-state index contributed by atoms with van der Waals surface area (Å²) in [5, 5.41) is 2.86. The Bertz CT molecular complexity index is 965. The van der Waals surface area contributed by atoms with Crippen molar-refractivity contribution in [3.05, 3.63) is 64.2 Å². The van der Waals surface area contributed by atoms with Gasteiger partial charge in [0.2, 0.25) is 15.9 Å². The molecule has 30 heavy (non-hydrogen) atoms. The minimum atomic E-state index is -3.58. The van der Waals surface area contributed by atoms with Crippen LogP contribution in [-0.4, -0.2) is 39.4 Å². The Hall–Kier alpha value is -1.99. The molecule has 5 nitrogen and oxygen atoms in total. The molecule has 0 bridgehead atoms. The first-order valence-electron chi connectivity index (χ1n) is 10.0. The Morgan fingerprint density at radius 3 is 2.27 bits per heavy atom. The number of amides is 1. The first kappa shape index (κ1) is 24.3. The second-order valence-corrected chi connectivity index (χ2v) is 10.7. The summed E-state index contributed by atoms with van der Waals surface area (Å²) in [6.45, 7) is 8.15. The summed E-state index contributed by atoms with van der Waals surface area (Å²) >= 11 is 1.83. The number of benzene rings is 2. The molecule has 0 aliphatic heterocycles. The van der Waals surface area contributed by atoms with E-state index in [2.05, 4.69) is 24.4 Å². The summed E-state index contributed by atoms with van der Waals surface area (Å²) < 4.78 is 26.0. The van der Waals surface area contributed by atoms with E-state index in [1.54, 1.807) is 0 Å². The Labute approximate surface area is 185 Å². The molecule has 0 saturated heterocycles. The van der Waals surface area contributed by atoms with Crippen molar-refractivity contribution in [3.8, 4) is 0 Å². The molecule has 1 N–H and O–H groups in total. The maximum absolute atomic E-state index is 12.4. The fourth-order valence-electron chi connectivity index (χ4n) is 3.47. The first-order chi connectivity index (χ1) is 14.1. The zero-order chi connectivity index (χ0) is 22.3. The second kappa shape index (κ2) is 10.9. The number of sulfonamides is 1. The molecule has 2 aromatic rings. The number of hydrogen-bond donors (Lipinski definition) is 1. The van der Waals surface area contributed by atoms with Crippen molar-refractivity contribution in [3.63, 3.8) is 0 Å². The Morgan fingerprint density at radius 1 is 1.03 bits per heavy atom. The molecular formula is C23H32N2O3S2. The van der Waals surface area contributed by atoms with Crippen LogP contribution in [0.5, 0.6) is 0 Å².